The molecule has 74 valence electrons. The third-order valence-electron chi connectivity index (χ3n) is 2.62. The summed E-state index contributed by atoms with van der Waals surface area (Å²) in [6, 6.07) is 0.582. The summed E-state index contributed by atoms with van der Waals surface area (Å²) in [6.45, 7) is 2.91. The highest BCUT2D eigenvalue weighted by Gasteiger charge is 2.21. The van der Waals surface area contributed by atoms with Crippen LogP contribution in [0.15, 0.2) is 12.2 Å². The van der Waals surface area contributed by atoms with Gasteiger partial charge in [-0.1, -0.05) is 19.4 Å². The lowest BCUT2D eigenvalue weighted by molar-refractivity contribution is -0.131. The van der Waals surface area contributed by atoms with Crippen LogP contribution in [-0.2, 0) is 4.79 Å². The van der Waals surface area contributed by atoms with E-state index in [1.165, 1.54) is 25.3 Å². The van der Waals surface area contributed by atoms with E-state index in [1.54, 1.807) is 6.08 Å². The first-order valence-corrected chi connectivity index (χ1v) is 4.83. The smallest absolute Gasteiger partial charge is 0.328 e. The lowest BCUT2D eigenvalue weighted by Gasteiger charge is -2.15. The summed E-state index contributed by atoms with van der Waals surface area (Å²) in [4.78, 5) is 10.1. The lowest BCUT2D eigenvalue weighted by atomic mass is 10.1. The molecule has 0 amide bonds. The van der Waals surface area contributed by atoms with Gasteiger partial charge in [0.1, 0.15) is 0 Å². The van der Waals surface area contributed by atoms with Gasteiger partial charge in [-0.05, 0) is 18.8 Å². The van der Waals surface area contributed by atoms with E-state index in [0.29, 0.717) is 12.6 Å². The second kappa shape index (κ2) is 5.02. The maximum absolute atomic E-state index is 10.1. The van der Waals surface area contributed by atoms with Crippen LogP contribution in [0, 0.1) is 5.92 Å². The molecule has 2 N–H and O–H groups in total. The van der Waals surface area contributed by atoms with Crippen molar-refractivity contribution in [3.05, 3.63) is 12.2 Å². The molecule has 3 nitrogen and oxygen atoms in total. The highest BCUT2D eigenvalue weighted by Crippen LogP contribution is 2.24. The monoisotopic (exact) mass is 183 g/mol. The SMILES string of the molecule is CC1CCCC1NC/C=C/C(=O)O. The number of nitrogens with one attached hydrogen (secondary N) is 1. The van der Waals surface area contributed by atoms with Crippen molar-refractivity contribution < 1.29 is 9.90 Å². The molecular weight excluding hydrogens is 166 g/mol. The molecule has 0 aromatic rings. The van der Waals surface area contributed by atoms with Gasteiger partial charge in [0.05, 0.1) is 0 Å². The first kappa shape index (κ1) is 10.3. The van der Waals surface area contributed by atoms with Crippen molar-refractivity contribution in [1.82, 2.24) is 5.32 Å². The molecule has 1 fully saturated rings. The second-order valence-electron chi connectivity index (χ2n) is 3.66. The van der Waals surface area contributed by atoms with Gasteiger partial charge in [0.25, 0.3) is 0 Å². The van der Waals surface area contributed by atoms with Crippen molar-refractivity contribution in [3.63, 3.8) is 0 Å². The summed E-state index contributed by atoms with van der Waals surface area (Å²) >= 11 is 0. The Balaban J connectivity index is 2.15. The Labute approximate surface area is 78.8 Å². The van der Waals surface area contributed by atoms with E-state index in [4.69, 9.17) is 5.11 Å². The normalized spacial score (nSPS) is 28.4. The molecule has 1 saturated carbocycles. The predicted octanol–water partition coefficient (Wildman–Crippen LogP) is 1.41. The molecule has 0 heterocycles. The molecule has 0 bridgehead atoms. The van der Waals surface area contributed by atoms with Crippen LogP contribution in [0.3, 0.4) is 0 Å². The summed E-state index contributed by atoms with van der Waals surface area (Å²) in [6.07, 6.45) is 6.66. The van der Waals surface area contributed by atoms with Crippen LogP contribution in [0.2, 0.25) is 0 Å². The zero-order valence-corrected chi connectivity index (χ0v) is 7.99. The van der Waals surface area contributed by atoms with Crippen molar-refractivity contribution in [2.24, 2.45) is 5.92 Å². The minimum atomic E-state index is -0.874. The highest BCUT2D eigenvalue weighted by atomic mass is 16.4. The molecule has 2 unspecified atom stereocenters. The standard InChI is InChI=1S/C10H17NO2/c1-8-4-2-5-9(8)11-7-3-6-10(12)13/h3,6,8-9,11H,2,4-5,7H2,1H3,(H,12,13)/b6-3+. The molecule has 0 spiro atoms. The Hall–Kier alpha value is -0.830. The number of rotatable bonds is 4. The molecule has 1 rings (SSSR count). The molecule has 0 aliphatic heterocycles. The van der Waals surface area contributed by atoms with Crippen LogP contribution >= 0.6 is 0 Å². The maximum Gasteiger partial charge on any atom is 0.328 e. The Morgan fingerprint density at radius 1 is 1.62 bits per heavy atom. The molecule has 1 aliphatic carbocycles. The van der Waals surface area contributed by atoms with Crippen LogP contribution < -0.4 is 5.32 Å². The molecule has 0 aromatic heterocycles. The van der Waals surface area contributed by atoms with Crippen molar-refractivity contribution in [2.45, 2.75) is 32.2 Å². The third-order valence-corrected chi connectivity index (χ3v) is 2.62. The first-order valence-electron chi connectivity index (χ1n) is 4.83. The van der Waals surface area contributed by atoms with Gasteiger partial charge in [0.15, 0.2) is 0 Å². The Kier molecular flexibility index (Phi) is 3.96. The van der Waals surface area contributed by atoms with E-state index in [-0.39, 0.29) is 0 Å². The van der Waals surface area contributed by atoms with Crippen LogP contribution in [0.25, 0.3) is 0 Å². The number of aliphatic carboxylic acids is 1. The molecular formula is C10H17NO2. The fourth-order valence-electron chi connectivity index (χ4n) is 1.83. The van der Waals surface area contributed by atoms with Gasteiger partial charge in [-0.15, -0.1) is 0 Å². The molecule has 13 heavy (non-hydrogen) atoms. The Bertz CT molecular complexity index is 201. The number of carboxylic acid groups (broad SMARTS) is 1. The van der Waals surface area contributed by atoms with Gasteiger partial charge in [0, 0.05) is 18.7 Å². The molecule has 0 saturated heterocycles. The van der Waals surface area contributed by atoms with Crippen molar-refractivity contribution in [2.75, 3.05) is 6.54 Å². The van der Waals surface area contributed by atoms with Gasteiger partial charge >= 0.3 is 5.97 Å². The summed E-state index contributed by atoms with van der Waals surface area (Å²) < 4.78 is 0. The van der Waals surface area contributed by atoms with Crippen molar-refractivity contribution in [1.29, 1.82) is 0 Å². The van der Waals surface area contributed by atoms with E-state index < -0.39 is 5.97 Å². The largest absolute Gasteiger partial charge is 0.478 e. The summed E-state index contributed by atoms with van der Waals surface area (Å²) in [5.74, 6) is -0.139. The average Bonchev–Trinajstić information content (AvgIpc) is 2.45. The van der Waals surface area contributed by atoms with Gasteiger partial charge in [-0.3, -0.25) is 0 Å². The summed E-state index contributed by atoms with van der Waals surface area (Å²) in [5.41, 5.74) is 0. The number of carboxylic acids is 1. The zero-order chi connectivity index (χ0) is 9.68. The molecule has 0 aromatic carbocycles. The quantitative estimate of drug-likeness (QED) is 0.648. The number of hydrogen-bond donors (Lipinski definition) is 2. The Morgan fingerprint density at radius 3 is 2.92 bits per heavy atom. The van der Waals surface area contributed by atoms with Gasteiger partial charge in [-0.25, -0.2) is 4.79 Å². The van der Waals surface area contributed by atoms with E-state index in [0.717, 1.165) is 5.92 Å². The van der Waals surface area contributed by atoms with Crippen LogP contribution in [0.1, 0.15) is 26.2 Å². The van der Waals surface area contributed by atoms with Crippen molar-refractivity contribution in [3.8, 4) is 0 Å². The highest BCUT2D eigenvalue weighted by molar-refractivity contribution is 5.79. The van der Waals surface area contributed by atoms with E-state index >= 15 is 0 Å². The first-order chi connectivity index (χ1) is 6.20. The van der Waals surface area contributed by atoms with E-state index in [2.05, 4.69) is 12.2 Å². The number of hydrogen-bond acceptors (Lipinski definition) is 2. The average molecular weight is 183 g/mol. The van der Waals surface area contributed by atoms with Gasteiger partial charge in [-0.2, -0.15) is 0 Å². The molecule has 1 aliphatic rings. The van der Waals surface area contributed by atoms with Gasteiger partial charge in [0.2, 0.25) is 0 Å². The fourth-order valence-corrected chi connectivity index (χ4v) is 1.83. The predicted molar refractivity (Wildman–Crippen MR) is 51.6 cm³/mol. The Morgan fingerprint density at radius 2 is 2.38 bits per heavy atom. The van der Waals surface area contributed by atoms with Crippen LogP contribution in [0.5, 0.6) is 0 Å². The van der Waals surface area contributed by atoms with Gasteiger partial charge < -0.3 is 10.4 Å². The van der Waals surface area contributed by atoms with Crippen LogP contribution in [0.4, 0.5) is 0 Å². The third kappa shape index (κ3) is 3.59. The molecule has 2 atom stereocenters. The molecule has 3 heteroatoms. The van der Waals surface area contributed by atoms with Crippen molar-refractivity contribution >= 4 is 5.97 Å². The fraction of sp³-hybridized carbons (Fsp3) is 0.700. The second-order valence-corrected chi connectivity index (χ2v) is 3.66. The topological polar surface area (TPSA) is 49.3 Å². The number of carbonyl (C=O) groups is 1. The van der Waals surface area contributed by atoms with E-state index in [1.807, 2.05) is 0 Å². The molecule has 0 radical (unpaired) electrons. The van der Waals surface area contributed by atoms with E-state index in [9.17, 15) is 4.79 Å². The minimum Gasteiger partial charge on any atom is -0.478 e. The minimum absolute atomic E-state index is 0.582. The summed E-state index contributed by atoms with van der Waals surface area (Å²) in [5, 5.41) is 11.7. The lowest BCUT2D eigenvalue weighted by Crippen LogP contribution is -2.31. The maximum atomic E-state index is 10.1. The zero-order valence-electron chi connectivity index (χ0n) is 7.99. The summed E-state index contributed by atoms with van der Waals surface area (Å²) in [7, 11) is 0. The van der Waals surface area contributed by atoms with Crippen LogP contribution in [-0.4, -0.2) is 23.7 Å².